The molecular weight excluding hydrogens is 214 g/mol. The lowest BCUT2D eigenvalue weighted by atomic mass is 10.1. The highest BCUT2D eigenvalue weighted by molar-refractivity contribution is 5.19. The molecule has 0 aromatic carbocycles. The zero-order valence-electron chi connectivity index (χ0n) is 7.38. The molecule has 0 spiro atoms. The van der Waals surface area contributed by atoms with Crippen LogP contribution < -0.4 is 0 Å². The van der Waals surface area contributed by atoms with Gasteiger partial charge in [0.15, 0.2) is 5.57 Å². The van der Waals surface area contributed by atoms with Gasteiger partial charge in [-0.05, 0) is 0 Å². The van der Waals surface area contributed by atoms with Crippen molar-refractivity contribution in [2.75, 3.05) is 7.11 Å². The fourth-order valence-corrected chi connectivity index (χ4v) is 0.741. The number of halogens is 6. The highest BCUT2D eigenvalue weighted by Crippen LogP contribution is 2.41. The van der Waals surface area contributed by atoms with Crippen LogP contribution in [0.2, 0.25) is 0 Å². The number of alkyl halides is 5. The van der Waals surface area contributed by atoms with Crippen LogP contribution in [0.4, 0.5) is 26.3 Å². The molecule has 0 aliphatic rings. The van der Waals surface area contributed by atoms with Crippen molar-refractivity contribution in [2.24, 2.45) is 0 Å². The Morgan fingerprint density at radius 1 is 1.14 bits per heavy atom. The van der Waals surface area contributed by atoms with E-state index in [0.29, 0.717) is 7.11 Å². The molecule has 0 atom stereocenters. The summed E-state index contributed by atoms with van der Waals surface area (Å²) in [5.74, 6) is -4.28. The summed E-state index contributed by atoms with van der Waals surface area (Å²) < 4.78 is 77.2. The molecule has 1 nitrogen and oxygen atoms in total. The third-order valence-electron chi connectivity index (χ3n) is 1.47. The largest absolute Gasteiger partial charge is 0.474 e. The van der Waals surface area contributed by atoms with Gasteiger partial charge < -0.3 is 4.74 Å². The summed E-state index contributed by atoms with van der Waals surface area (Å²) in [5, 5.41) is 0. The van der Waals surface area contributed by atoms with Gasteiger partial charge in [-0.3, -0.25) is 0 Å². The SMILES string of the molecule is CCC(F)(F)C(=C(F)OC)C(F)(F)F. The van der Waals surface area contributed by atoms with E-state index in [-0.39, 0.29) is 0 Å². The molecule has 7 heteroatoms. The third-order valence-corrected chi connectivity index (χ3v) is 1.47. The lowest BCUT2D eigenvalue weighted by molar-refractivity contribution is -0.137. The average Bonchev–Trinajstić information content (AvgIpc) is 2.01. The molecular formula is C7H8F6O. The van der Waals surface area contributed by atoms with Crippen LogP contribution in [0, 0.1) is 0 Å². The fourth-order valence-electron chi connectivity index (χ4n) is 0.741. The summed E-state index contributed by atoms with van der Waals surface area (Å²) in [6.07, 6.45) is -6.60. The molecule has 0 aliphatic heterocycles. The number of ether oxygens (including phenoxy) is 1. The van der Waals surface area contributed by atoms with Crippen LogP contribution in [0.3, 0.4) is 0 Å². The minimum atomic E-state index is -5.44. The molecule has 0 heterocycles. The first-order valence-corrected chi connectivity index (χ1v) is 3.56. The summed E-state index contributed by atoms with van der Waals surface area (Å²) in [6, 6.07) is -2.30. The highest BCUT2D eigenvalue weighted by Gasteiger charge is 2.52. The predicted molar refractivity (Wildman–Crippen MR) is 36.4 cm³/mol. The van der Waals surface area contributed by atoms with Gasteiger partial charge in [0.25, 0.3) is 11.9 Å². The Kier molecular flexibility index (Phi) is 3.84. The lowest BCUT2D eigenvalue weighted by Crippen LogP contribution is -2.31. The van der Waals surface area contributed by atoms with Crippen molar-refractivity contribution in [1.29, 1.82) is 0 Å². The second-order valence-electron chi connectivity index (χ2n) is 2.41. The van der Waals surface area contributed by atoms with Crippen LogP contribution in [-0.4, -0.2) is 19.2 Å². The average molecular weight is 222 g/mol. The third kappa shape index (κ3) is 2.81. The Balaban J connectivity index is 5.36. The molecule has 84 valence electrons. The van der Waals surface area contributed by atoms with Crippen molar-refractivity contribution in [2.45, 2.75) is 25.4 Å². The summed E-state index contributed by atoms with van der Waals surface area (Å²) >= 11 is 0. The summed E-state index contributed by atoms with van der Waals surface area (Å²) in [4.78, 5) is 0. The Labute approximate surface area is 76.3 Å². The van der Waals surface area contributed by atoms with Crippen LogP contribution in [0.15, 0.2) is 11.6 Å². The van der Waals surface area contributed by atoms with Crippen LogP contribution in [0.25, 0.3) is 0 Å². The second-order valence-corrected chi connectivity index (χ2v) is 2.41. The zero-order valence-corrected chi connectivity index (χ0v) is 7.38. The molecule has 0 saturated heterocycles. The molecule has 0 aromatic rings. The Bertz CT molecular complexity index is 229. The van der Waals surface area contributed by atoms with E-state index in [1.54, 1.807) is 0 Å². The standard InChI is InChI=1S/C7H8F6O/c1-3-6(9,10)4(5(8)14-2)7(11,12)13/h3H2,1-2H3. The molecule has 0 amide bonds. The van der Waals surface area contributed by atoms with E-state index in [1.165, 1.54) is 0 Å². The van der Waals surface area contributed by atoms with E-state index >= 15 is 0 Å². The second kappa shape index (κ2) is 4.10. The lowest BCUT2D eigenvalue weighted by Gasteiger charge is -2.20. The quantitative estimate of drug-likeness (QED) is 0.525. The Hall–Kier alpha value is -0.880. The predicted octanol–water partition coefficient (Wildman–Crippen LogP) is 3.42. The van der Waals surface area contributed by atoms with Crippen LogP contribution >= 0.6 is 0 Å². The van der Waals surface area contributed by atoms with Crippen molar-refractivity contribution < 1.29 is 31.1 Å². The number of hydrogen-bond acceptors (Lipinski definition) is 1. The molecule has 0 aromatic heterocycles. The maximum atomic E-state index is 12.7. The van der Waals surface area contributed by atoms with E-state index in [9.17, 15) is 26.3 Å². The Morgan fingerprint density at radius 2 is 1.57 bits per heavy atom. The van der Waals surface area contributed by atoms with Crippen molar-refractivity contribution in [3.05, 3.63) is 11.6 Å². The first-order chi connectivity index (χ1) is 6.16. The van der Waals surface area contributed by atoms with Crippen molar-refractivity contribution in [3.8, 4) is 0 Å². The van der Waals surface area contributed by atoms with Crippen molar-refractivity contribution in [3.63, 3.8) is 0 Å². The molecule has 0 N–H and O–H groups in total. The first kappa shape index (κ1) is 13.1. The van der Waals surface area contributed by atoms with Gasteiger partial charge in [-0.1, -0.05) is 6.92 Å². The summed E-state index contributed by atoms with van der Waals surface area (Å²) in [7, 11) is 0.548. The van der Waals surface area contributed by atoms with Gasteiger partial charge in [0.1, 0.15) is 0 Å². The molecule has 14 heavy (non-hydrogen) atoms. The van der Waals surface area contributed by atoms with E-state index < -0.39 is 30.1 Å². The molecule has 0 radical (unpaired) electrons. The van der Waals surface area contributed by atoms with Gasteiger partial charge >= 0.3 is 6.18 Å². The minimum absolute atomic E-state index is 0.548. The van der Waals surface area contributed by atoms with Crippen LogP contribution in [-0.2, 0) is 4.74 Å². The van der Waals surface area contributed by atoms with Crippen molar-refractivity contribution >= 4 is 0 Å². The highest BCUT2D eigenvalue weighted by atomic mass is 19.4. The van der Waals surface area contributed by atoms with Crippen LogP contribution in [0.1, 0.15) is 13.3 Å². The minimum Gasteiger partial charge on any atom is -0.474 e. The number of hydrogen-bond donors (Lipinski definition) is 0. The molecule has 0 fully saturated rings. The van der Waals surface area contributed by atoms with E-state index in [4.69, 9.17) is 0 Å². The molecule has 0 bridgehead atoms. The maximum Gasteiger partial charge on any atom is 0.424 e. The normalized spacial score (nSPS) is 15.1. The molecule has 0 saturated carbocycles. The van der Waals surface area contributed by atoms with E-state index in [0.717, 1.165) is 6.92 Å². The topological polar surface area (TPSA) is 9.23 Å². The first-order valence-electron chi connectivity index (χ1n) is 3.56. The number of allylic oxidation sites excluding steroid dienone is 1. The van der Waals surface area contributed by atoms with Gasteiger partial charge in [-0.2, -0.15) is 17.6 Å². The zero-order chi connectivity index (χ0) is 11.6. The maximum absolute atomic E-state index is 12.7. The van der Waals surface area contributed by atoms with E-state index in [2.05, 4.69) is 4.74 Å². The molecule has 0 rings (SSSR count). The molecule has 0 unspecified atom stereocenters. The smallest absolute Gasteiger partial charge is 0.424 e. The van der Waals surface area contributed by atoms with Gasteiger partial charge in [0.05, 0.1) is 7.11 Å². The van der Waals surface area contributed by atoms with Crippen LogP contribution in [0.5, 0.6) is 0 Å². The monoisotopic (exact) mass is 222 g/mol. The summed E-state index contributed by atoms with van der Waals surface area (Å²) in [5.41, 5.74) is -2.57. The van der Waals surface area contributed by atoms with Gasteiger partial charge in [-0.25, -0.2) is 8.78 Å². The van der Waals surface area contributed by atoms with Gasteiger partial charge in [-0.15, -0.1) is 0 Å². The number of rotatable bonds is 3. The summed E-state index contributed by atoms with van der Waals surface area (Å²) in [6.45, 7) is 0.814. The van der Waals surface area contributed by atoms with Crippen molar-refractivity contribution in [1.82, 2.24) is 0 Å². The van der Waals surface area contributed by atoms with Gasteiger partial charge in [0.2, 0.25) is 0 Å². The molecule has 0 aliphatic carbocycles. The van der Waals surface area contributed by atoms with Gasteiger partial charge in [0, 0.05) is 6.42 Å². The Morgan fingerprint density at radius 3 is 1.79 bits per heavy atom. The fraction of sp³-hybridized carbons (Fsp3) is 0.714. The van der Waals surface area contributed by atoms with E-state index in [1.807, 2.05) is 0 Å². The number of methoxy groups -OCH3 is 1.